The molecule has 2 rings (SSSR count). The average Bonchev–Trinajstić information content (AvgIpc) is 3.01. The average molecular weight is 341 g/mol. The molecule has 22 heavy (non-hydrogen) atoms. The zero-order valence-corrected chi connectivity index (χ0v) is 13.6. The summed E-state index contributed by atoms with van der Waals surface area (Å²) in [5.41, 5.74) is 1.36. The highest BCUT2D eigenvalue weighted by Gasteiger charge is 2.10. The summed E-state index contributed by atoms with van der Waals surface area (Å²) in [6.45, 7) is 0.353. The second-order valence-electron chi connectivity index (χ2n) is 4.59. The third-order valence-corrected chi connectivity index (χ3v) is 3.98. The predicted octanol–water partition coefficient (Wildman–Crippen LogP) is 3.66. The molecule has 2 aromatic rings. The van der Waals surface area contributed by atoms with E-state index in [4.69, 9.17) is 16.3 Å². The van der Waals surface area contributed by atoms with Crippen LogP contribution < -0.4 is 15.4 Å². The van der Waals surface area contributed by atoms with Gasteiger partial charge in [-0.3, -0.25) is 0 Å². The molecule has 0 aliphatic carbocycles. The zero-order valence-electron chi connectivity index (χ0n) is 12.0. The van der Waals surface area contributed by atoms with Gasteiger partial charge in [-0.2, -0.15) is 11.3 Å². The molecule has 0 radical (unpaired) electrons. The first-order valence-electron chi connectivity index (χ1n) is 6.68. The highest BCUT2D eigenvalue weighted by atomic mass is 35.5. The number of carbonyl (C=O) groups excluding carboxylic acids is 1. The highest BCUT2D eigenvalue weighted by Crippen LogP contribution is 2.27. The molecule has 0 aliphatic rings. The zero-order chi connectivity index (χ0) is 15.9. The van der Waals surface area contributed by atoms with Crippen LogP contribution in [0.3, 0.4) is 0 Å². The minimum Gasteiger partial charge on any atom is -0.495 e. The van der Waals surface area contributed by atoms with Crippen molar-refractivity contribution in [2.45, 2.75) is 12.5 Å². The number of urea groups is 1. The Morgan fingerprint density at radius 2 is 2.27 bits per heavy atom. The SMILES string of the molecule is COc1ccc(Cl)cc1NC(=O)NCCC(O)c1ccsc1. The van der Waals surface area contributed by atoms with Crippen molar-refractivity contribution in [3.05, 3.63) is 45.6 Å². The number of ether oxygens (including phenoxy) is 1. The summed E-state index contributed by atoms with van der Waals surface area (Å²) in [6.07, 6.45) is -0.135. The van der Waals surface area contributed by atoms with E-state index in [1.54, 1.807) is 18.2 Å². The summed E-state index contributed by atoms with van der Waals surface area (Å²) in [6, 6.07) is 6.46. The van der Waals surface area contributed by atoms with E-state index in [9.17, 15) is 9.90 Å². The summed E-state index contributed by atoms with van der Waals surface area (Å²) < 4.78 is 5.15. The van der Waals surface area contributed by atoms with Crippen LogP contribution in [0.25, 0.3) is 0 Å². The lowest BCUT2D eigenvalue weighted by Gasteiger charge is -2.13. The number of nitrogens with one attached hydrogen (secondary N) is 2. The molecule has 1 aromatic heterocycles. The highest BCUT2D eigenvalue weighted by molar-refractivity contribution is 7.07. The van der Waals surface area contributed by atoms with Gasteiger partial charge < -0.3 is 20.5 Å². The Morgan fingerprint density at radius 1 is 1.45 bits per heavy atom. The molecule has 5 nitrogen and oxygen atoms in total. The van der Waals surface area contributed by atoms with Crippen molar-refractivity contribution in [3.63, 3.8) is 0 Å². The topological polar surface area (TPSA) is 70.6 Å². The van der Waals surface area contributed by atoms with Gasteiger partial charge in [-0.1, -0.05) is 11.6 Å². The fourth-order valence-corrected chi connectivity index (χ4v) is 2.78. The van der Waals surface area contributed by atoms with E-state index in [2.05, 4.69) is 10.6 Å². The summed E-state index contributed by atoms with van der Waals surface area (Å²) >= 11 is 7.43. The summed E-state index contributed by atoms with van der Waals surface area (Å²) in [7, 11) is 1.52. The number of amides is 2. The Kier molecular flexibility index (Phi) is 6.06. The summed E-state index contributed by atoms with van der Waals surface area (Å²) in [5, 5.41) is 19.6. The van der Waals surface area contributed by atoms with E-state index < -0.39 is 6.10 Å². The molecule has 0 aliphatic heterocycles. The molecule has 1 heterocycles. The van der Waals surface area contributed by atoms with E-state index in [0.717, 1.165) is 5.56 Å². The number of halogens is 1. The van der Waals surface area contributed by atoms with Crippen LogP contribution in [-0.2, 0) is 0 Å². The molecule has 1 unspecified atom stereocenters. The van der Waals surface area contributed by atoms with Crippen LogP contribution in [0.5, 0.6) is 5.75 Å². The first kappa shape index (κ1) is 16.6. The van der Waals surface area contributed by atoms with Crippen molar-refractivity contribution in [1.29, 1.82) is 0 Å². The Bertz CT molecular complexity index is 619. The minimum atomic E-state index is -0.577. The maximum Gasteiger partial charge on any atom is 0.319 e. The van der Waals surface area contributed by atoms with Gasteiger partial charge in [0.25, 0.3) is 0 Å². The van der Waals surface area contributed by atoms with Crippen LogP contribution in [0.15, 0.2) is 35.0 Å². The minimum absolute atomic E-state index is 0.353. The molecule has 0 fully saturated rings. The number of aliphatic hydroxyl groups is 1. The standard InChI is InChI=1S/C15H17ClN2O3S/c1-21-14-3-2-11(16)8-12(14)18-15(20)17-6-4-13(19)10-5-7-22-9-10/h2-3,5,7-9,13,19H,4,6H2,1H3,(H2,17,18,20). The number of hydrogen-bond donors (Lipinski definition) is 3. The largest absolute Gasteiger partial charge is 0.495 e. The Hall–Kier alpha value is -1.76. The number of carbonyl (C=O) groups is 1. The van der Waals surface area contributed by atoms with Crippen molar-refractivity contribution >= 4 is 34.7 Å². The molecule has 0 saturated carbocycles. The van der Waals surface area contributed by atoms with Gasteiger partial charge in [0.2, 0.25) is 0 Å². The third-order valence-electron chi connectivity index (χ3n) is 3.04. The Labute approximate surface area is 137 Å². The lowest BCUT2D eigenvalue weighted by atomic mass is 10.1. The number of rotatable bonds is 6. The molecular formula is C15H17ClN2O3S. The van der Waals surface area contributed by atoms with Crippen LogP contribution >= 0.6 is 22.9 Å². The Morgan fingerprint density at radius 3 is 2.95 bits per heavy atom. The van der Waals surface area contributed by atoms with Gasteiger partial charge in [0, 0.05) is 11.6 Å². The van der Waals surface area contributed by atoms with Crippen LogP contribution in [-0.4, -0.2) is 24.8 Å². The second kappa shape index (κ2) is 8.03. The van der Waals surface area contributed by atoms with E-state index in [1.165, 1.54) is 18.4 Å². The monoisotopic (exact) mass is 340 g/mol. The van der Waals surface area contributed by atoms with Crippen molar-refractivity contribution in [3.8, 4) is 5.75 Å². The first-order valence-corrected chi connectivity index (χ1v) is 8.01. The third kappa shape index (κ3) is 4.62. The summed E-state index contributed by atoms with van der Waals surface area (Å²) in [5.74, 6) is 0.526. The maximum absolute atomic E-state index is 11.9. The van der Waals surface area contributed by atoms with Gasteiger partial charge in [-0.05, 0) is 47.0 Å². The molecule has 1 aromatic carbocycles. The second-order valence-corrected chi connectivity index (χ2v) is 5.80. The number of aliphatic hydroxyl groups excluding tert-OH is 1. The number of hydrogen-bond acceptors (Lipinski definition) is 4. The van der Waals surface area contributed by atoms with E-state index in [1.807, 2.05) is 16.8 Å². The number of thiophene rings is 1. The van der Waals surface area contributed by atoms with Crippen molar-refractivity contribution in [1.82, 2.24) is 5.32 Å². The predicted molar refractivity (Wildman–Crippen MR) is 88.9 cm³/mol. The van der Waals surface area contributed by atoms with E-state index in [-0.39, 0.29) is 6.03 Å². The molecular weight excluding hydrogens is 324 g/mol. The van der Waals surface area contributed by atoms with Gasteiger partial charge in [0.05, 0.1) is 18.9 Å². The fraction of sp³-hybridized carbons (Fsp3) is 0.267. The lowest BCUT2D eigenvalue weighted by molar-refractivity contribution is 0.168. The van der Waals surface area contributed by atoms with E-state index >= 15 is 0 Å². The number of anilines is 1. The smallest absolute Gasteiger partial charge is 0.319 e. The number of benzene rings is 1. The van der Waals surface area contributed by atoms with Gasteiger partial charge in [0.1, 0.15) is 5.75 Å². The molecule has 0 bridgehead atoms. The molecule has 0 saturated heterocycles. The molecule has 2 amide bonds. The molecule has 118 valence electrons. The molecule has 7 heteroatoms. The van der Waals surface area contributed by atoms with Gasteiger partial charge in [0.15, 0.2) is 0 Å². The van der Waals surface area contributed by atoms with Gasteiger partial charge in [-0.15, -0.1) is 0 Å². The van der Waals surface area contributed by atoms with Gasteiger partial charge >= 0.3 is 6.03 Å². The van der Waals surface area contributed by atoms with Crippen LogP contribution in [0.1, 0.15) is 18.1 Å². The maximum atomic E-state index is 11.9. The Balaban J connectivity index is 1.82. The van der Waals surface area contributed by atoms with Crippen LogP contribution in [0.2, 0.25) is 5.02 Å². The molecule has 0 spiro atoms. The van der Waals surface area contributed by atoms with Crippen molar-refractivity contribution < 1.29 is 14.6 Å². The number of methoxy groups -OCH3 is 1. The van der Waals surface area contributed by atoms with Crippen LogP contribution in [0.4, 0.5) is 10.5 Å². The summed E-state index contributed by atoms with van der Waals surface area (Å²) in [4.78, 5) is 11.9. The first-order chi connectivity index (χ1) is 10.6. The molecule has 3 N–H and O–H groups in total. The molecule has 1 atom stereocenters. The fourth-order valence-electron chi connectivity index (χ4n) is 1.90. The van der Waals surface area contributed by atoms with Crippen LogP contribution in [0, 0.1) is 0 Å². The quantitative estimate of drug-likeness (QED) is 0.751. The van der Waals surface area contributed by atoms with E-state index in [0.29, 0.717) is 29.4 Å². The normalized spacial score (nSPS) is 11.8. The van der Waals surface area contributed by atoms with Crippen molar-refractivity contribution in [2.24, 2.45) is 0 Å². The lowest BCUT2D eigenvalue weighted by Crippen LogP contribution is -2.30. The van der Waals surface area contributed by atoms with Crippen molar-refractivity contribution in [2.75, 3.05) is 19.0 Å². The van der Waals surface area contributed by atoms with Gasteiger partial charge in [-0.25, -0.2) is 4.79 Å².